The zero-order chi connectivity index (χ0) is 16.2. The number of amides is 1. The Morgan fingerprint density at radius 3 is 2.65 bits per heavy atom. The van der Waals surface area contributed by atoms with Crippen LogP contribution in [0.25, 0.3) is 0 Å². The summed E-state index contributed by atoms with van der Waals surface area (Å²) in [6.45, 7) is 1.07. The normalized spacial score (nSPS) is 14.1. The molecule has 120 valence electrons. The van der Waals surface area contributed by atoms with E-state index in [1.54, 1.807) is 42.6 Å². The topological polar surface area (TPSA) is 60.9 Å². The molecule has 0 radical (unpaired) electrons. The number of ether oxygens (including phenoxy) is 3. The van der Waals surface area contributed by atoms with E-state index in [1.165, 1.54) is 7.11 Å². The summed E-state index contributed by atoms with van der Waals surface area (Å²) in [5.41, 5.74) is 0.492. The molecule has 1 saturated heterocycles. The molecular formula is C17H18N2O4. The van der Waals surface area contributed by atoms with Crippen LogP contribution in [-0.4, -0.2) is 49.2 Å². The standard InChI is InChI=1S/C17H18N2O4/c1-21-15-7-3-6-14(16(15)22-2)17(20)19-10-13(11-19)23-12-5-4-8-18-9-12/h3-9,13H,10-11H2,1-2H3. The van der Waals surface area contributed by atoms with Gasteiger partial charge in [-0.1, -0.05) is 6.07 Å². The Balaban J connectivity index is 1.65. The lowest BCUT2D eigenvalue weighted by Gasteiger charge is -2.39. The first kappa shape index (κ1) is 15.1. The molecule has 6 nitrogen and oxygen atoms in total. The molecule has 1 aliphatic rings. The van der Waals surface area contributed by atoms with Gasteiger partial charge in [0.25, 0.3) is 5.91 Å². The van der Waals surface area contributed by atoms with E-state index in [1.807, 2.05) is 12.1 Å². The number of methoxy groups -OCH3 is 2. The van der Waals surface area contributed by atoms with Crippen molar-refractivity contribution in [3.63, 3.8) is 0 Å². The number of likely N-dealkylation sites (tertiary alicyclic amines) is 1. The van der Waals surface area contributed by atoms with Crippen molar-refractivity contribution >= 4 is 5.91 Å². The number of aromatic nitrogens is 1. The van der Waals surface area contributed by atoms with Crippen LogP contribution >= 0.6 is 0 Å². The molecule has 0 bridgehead atoms. The van der Waals surface area contributed by atoms with Crippen LogP contribution in [0.4, 0.5) is 0 Å². The van der Waals surface area contributed by atoms with Crippen molar-refractivity contribution in [2.45, 2.75) is 6.10 Å². The molecule has 1 fully saturated rings. The lowest BCUT2D eigenvalue weighted by molar-refractivity contribution is 0.0174. The van der Waals surface area contributed by atoms with Gasteiger partial charge in [0.05, 0.1) is 39.1 Å². The highest BCUT2D eigenvalue weighted by Gasteiger charge is 2.34. The molecule has 2 aromatic rings. The van der Waals surface area contributed by atoms with Gasteiger partial charge < -0.3 is 19.1 Å². The first-order valence-electron chi connectivity index (χ1n) is 7.30. The Morgan fingerprint density at radius 1 is 1.17 bits per heavy atom. The summed E-state index contributed by atoms with van der Waals surface area (Å²) >= 11 is 0. The van der Waals surface area contributed by atoms with Gasteiger partial charge in [0.2, 0.25) is 0 Å². The number of rotatable bonds is 5. The minimum atomic E-state index is -0.0909. The van der Waals surface area contributed by atoms with E-state index in [0.29, 0.717) is 35.9 Å². The van der Waals surface area contributed by atoms with Crippen molar-refractivity contribution in [1.82, 2.24) is 9.88 Å². The van der Waals surface area contributed by atoms with E-state index in [-0.39, 0.29) is 12.0 Å². The number of carbonyl (C=O) groups excluding carboxylic acids is 1. The Kier molecular flexibility index (Phi) is 4.32. The molecule has 6 heteroatoms. The highest BCUT2D eigenvalue weighted by Crippen LogP contribution is 2.32. The molecule has 0 N–H and O–H groups in total. The average Bonchev–Trinajstić information content (AvgIpc) is 2.57. The number of carbonyl (C=O) groups is 1. The maximum Gasteiger partial charge on any atom is 0.258 e. The second-order valence-corrected chi connectivity index (χ2v) is 5.18. The third kappa shape index (κ3) is 3.06. The van der Waals surface area contributed by atoms with Gasteiger partial charge in [-0.25, -0.2) is 0 Å². The van der Waals surface area contributed by atoms with Crippen molar-refractivity contribution in [2.75, 3.05) is 27.3 Å². The maximum absolute atomic E-state index is 12.6. The van der Waals surface area contributed by atoms with Crippen LogP contribution in [-0.2, 0) is 0 Å². The summed E-state index contributed by atoms with van der Waals surface area (Å²) < 4.78 is 16.3. The maximum atomic E-state index is 12.6. The fourth-order valence-electron chi connectivity index (χ4n) is 2.51. The summed E-state index contributed by atoms with van der Waals surface area (Å²) in [5, 5.41) is 0. The number of benzene rings is 1. The van der Waals surface area contributed by atoms with Crippen molar-refractivity contribution in [3.05, 3.63) is 48.3 Å². The Hall–Kier alpha value is -2.76. The van der Waals surface area contributed by atoms with Gasteiger partial charge in [-0.05, 0) is 24.3 Å². The van der Waals surface area contributed by atoms with E-state index >= 15 is 0 Å². The Labute approximate surface area is 134 Å². The van der Waals surface area contributed by atoms with Gasteiger partial charge in [-0.2, -0.15) is 0 Å². The van der Waals surface area contributed by atoms with Crippen LogP contribution in [0.1, 0.15) is 10.4 Å². The third-order valence-corrected chi connectivity index (χ3v) is 3.71. The lowest BCUT2D eigenvalue weighted by Crippen LogP contribution is -2.56. The molecule has 0 spiro atoms. The highest BCUT2D eigenvalue weighted by atomic mass is 16.5. The Bertz CT molecular complexity index is 684. The van der Waals surface area contributed by atoms with E-state index < -0.39 is 0 Å². The van der Waals surface area contributed by atoms with Crippen LogP contribution in [0.3, 0.4) is 0 Å². The molecular weight excluding hydrogens is 296 g/mol. The van der Waals surface area contributed by atoms with Crippen LogP contribution in [0.15, 0.2) is 42.7 Å². The van der Waals surface area contributed by atoms with Crippen LogP contribution in [0.2, 0.25) is 0 Å². The van der Waals surface area contributed by atoms with Gasteiger partial charge in [-0.3, -0.25) is 9.78 Å². The first-order chi connectivity index (χ1) is 11.2. The highest BCUT2D eigenvalue weighted by molar-refractivity contribution is 5.98. The monoisotopic (exact) mass is 314 g/mol. The molecule has 1 aliphatic heterocycles. The largest absolute Gasteiger partial charge is 0.493 e. The van der Waals surface area contributed by atoms with E-state index in [2.05, 4.69) is 4.98 Å². The smallest absolute Gasteiger partial charge is 0.258 e. The molecule has 0 saturated carbocycles. The minimum absolute atomic E-state index is 0.0141. The predicted octanol–water partition coefficient (Wildman–Crippen LogP) is 2.00. The van der Waals surface area contributed by atoms with Gasteiger partial charge in [-0.15, -0.1) is 0 Å². The summed E-state index contributed by atoms with van der Waals surface area (Å²) in [7, 11) is 3.08. The number of pyridine rings is 1. The fourth-order valence-corrected chi connectivity index (χ4v) is 2.51. The van der Waals surface area contributed by atoms with E-state index in [9.17, 15) is 4.79 Å². The molecule has 3 rings (SSSR count). The van der Waals surface area contributed by atoms with Crippen LogP contribution < -0.4 is 14.2 Å². The molecule has 0 atom stereocenters. The molecule has 0 unspecified atom stereocenters. The fraction of sp³-hybridized carbons (Fsp3) is 0.294. The first-order valence-corrected chi connectivity index (χ1v) is 7.30. The quantitative estimate of drug-likeness (QED) is 0.845. The van der Waals surface area contributed by atoms with E-state index in [4.69, 9.17) is 14.2 Å². The zero-order valence-electron chi connectivity index (χ0n) is 13.1. The van der Waals surface area contributed by atoms with Gasteiger partial charge in [0, 0.05) is 6.20 Å². The molecule has 1 aromatic heterocycles. The predicted molar refractivity (Wildman–Crippen MR) is 84.1 cm³/mol. The molecule has 2 heterocycles. The SMILES string of the molecule is COc1cccc(C(=O)N2CC(Oc3cccnc3)C2)c1OC. The molecule has 1 amide bonds. The van der Waals surface area contributed by atoms with Gasteiger partial charge >= 0.3 is 0 Å². The average molecular weight is 314 g/mol. The second kappa shape index (κ2) is 6.56. The van der Waals surface area contributed by atoms with Crippen LogP contribution in [0, 0.1) is 0 Å². The Morgan fingerprint density at radius 2 is 2.00 bits per heavy atom. The van der Waals surface area contributed by atoms with Gasteiger partial charge in [0.15, 0.2) is 11.5 Å². The third-order valence-electron chi connectivity index (χ3n) is 3.71. The summed E-state index contributed by atoms with van der Waals surface area (Å²) in [4.78, 5) is 18.3. The van der Waals surface area contributed by atoms with Crippen molar-refractivity contribution in [2.24, 2.45) is 0 Å². The van der Waals surface area contributed by atoms with Crippen molar-refractivity contribution in [1.29, 1.82) is 0 Å². The summed E-state index contributed by atoms with van der Waals surface area (Å²) in [6, 6.07) is 8.94. The summed E-state index contributed by atoms with van der Waals surface area (Å²) in [6.07, 6.45) is 3.34. The second-order valence-electron chi connectivity index (χ2n) is 5.18. The lowest BCUT2D eigenvalue weighted by atomic mass is 10.1. The zero-order valence-corrected chi connectivity index (χ0v) is 13.1. The van der Waals surface area contributed by atoms with Crippen molar-refractivity contribution in [3.8, 4) is 17.2 Å². The van der Waals surface area contributed by atoms with Crippen LogP contribution in [0.5, 0.6) is 17.2 Å². The number of hydrogen-bond donors (Lipinski definition) is 0. The summed E-state index contributed by atoms with van der Waals surface area (Å²) in [5.74, 6) is 1.62. The molecule has 0 aliphatic carbocycles. The molecule has 23 heavy (non-hydrogen) atoms. The molecule has 1 aromatic carbocycles. The van der Waals surface area contributed by atoms with Crippen molar-refractivity contribution < 1.29 is 19.0 Å². The number of nitrogens with zero attached hydrogens (tertiary/aromatic N) is 2. The number of para-hydroxylation sites is 1. The van der Waals surface area contributed by atoms with E-state index in [0.717, 1.165) is 0 Å². The number of hydrogen-bond acceptors (Lipinski definition) is 5. The minimum Gasteiger partial charge on any atom is -0.493 e. The van der Waals surface area contributed by atoms with Gasteiger partial charge in [0.1, 0.15) is 11.9 Å².